The number of nitrogens with zero attached hydrogens (tertiary/aromatic N) is 3. The molecule has 1 aliphatic rings. The normalized spacial score (nSPS) is 13.8. The Morgan fingerprint density at radius 3 is 2.31 bits per heavy atom. The zero-order chi connectivity index (χ0) is 19.8. The van der Waals surface area contributed by atoms with E-state index in [-0.39, 0.29) is 29.7 Å². The number of nitro groups is 2. The molecule has 3 aromatic rings. The van der Waals surface area contributed by atoms with E-state index >= 15 is 0 Å². The summed E-state index contributed by atoms with van der Waals surface area (Å²) >= 11 is 2.68. The van der Waals surface area contributed by atoms with Gasteiger partial charge in [-0.3, -0.25) is 20.2 Å². The van der Waals surface area contributed by atoms with Gasteiger partial charge in [-0.05, 0) is 29.8 Å². The largest absolute Gasteiger partial charge is 0.433 e. The maximum atomic E-state index is 12.9. The quantitative estimate of drug-likeness (QED) is 0.259. The second-order valence-corrected chi connectivity index (χ2v) is 7.94. The van der Waals surface area contributed by atoms with E-state index in [4.69, 9.17) is 0 Å². The summed E-state index contributed by atoms with van der Waals surface area (Å²) in [7, 11) is 0. The molecule has 0 amide bonds. The van der Waals surface area contributed by atoms with Gasteiger partial charge >= 0.3 is 10.2 Å². The third kappa shape index (κ3) is 3.90. The Bertz CT molecular complexity index is 1170. The lowest BCUT2D eigenvalue weighted by molar-refractivity contribution is -0.588. The zero-order valence-electron chi connectivity index (χ0n) is 14.4. The van der Waals surface area contributed by atoms with E-state index in [9.17, 15) is 25.0 Å². The summed E-state index contributed by atoms with van der Waals surface area (Å²) in [6.45, 7) is 0. The minimum atomic E-state index is -0.481. The number of carbonyl (C=O) groups is 1. The van der Waals surface area contributed by atoms with Crippen LogP contribution in [-0.4, -0.2) is 15.8 Å². The minimum Gasteiger partial charge on any atom is -0.258 e. The Labute approximate surface area is 178 Å². The van der Waals surface area contributed by atoms with Gasteiger partial charge < -0.3 is 0 Å². The van der Waals surface area contributed by atoms with Gasteiger partial charge in [0.15, 0.2) is 0 Å². The fraction of sp³-hybridized carbons (Fsp3) is 0. The van der Waals surface area contributed by atoms with Gasteiger partial charge in [-0.15, -0.1) is 4.57 Å². The van der Waals surface area contributed by atoms with Crippen LogP contribution < -0.4 is 4.57 Å². The minimum absolute atomic E-state index is 0. The second kappa shape index (κ2) is 8.11. The molecule has 0 unspecified atom stereocenters. The van der Waals surface area contributed by atoms with Crippen molar-refractivity contribution >= 4 is 46.5 Å². The molecule has 0 fully saturated rings. The molecular formula is C18H12ClN3O5S2+2. The van der Waals surface area contributed by atoms with Gasteiger partial charge in [0.1, 0.15) is 4.91 Å². The number of nitro benzene ring substituents is 2. The lowest BCUT2D eigenvalue weighted by Crippen LogP contribution is -2.40. The van der Waals surface area contributed by atoms with Crippen LogP contribution in [0.25, 0.3) is 17.3 Å². The number of carbonyl (C=O) groups excluding carboxylic acids is 1. The van der Waals surface area contributed by atoms with E-state index in [1.807, 2.05) is 0 Å². The lowest BCUT2D eigenvalue weighted by Gasteiger charge is -1.96. The maximum Gasteiger partial charge on any atom is 0.433 e. The summed E-state index contributed by atoms with van der Waals surface area (Å²) in [5, 5.41) is 23.6. The molecule has 0 aliphatic carbocycles. The lowest BCUT2D eigenvalue weighted by atomic mass is 10.1. The number of allylic oxidation sites excluding steroid dienone is 1. The monoisotopic (exact) mass is 449 g/mol. The summed E-state index contributed by atoms with van der Waals surface area (Å²) in [6, 6.07) is 12.1. The van der Waals surface area contributed by atoms with E-state index in [1.165, 1.54) is 51.9 Å². The molecule has 29 heavy (non-hydrogen) atoms. The molecule has 0 atom stereocenters. The third-order valence-corrected chi connectivity index (χ3v) is 6.19. The zero-order valence-corrected chi connectivity index (χ0v) is 16.9. The number of non-ortho nitro benzene ring substituents is 2. The van der Waals surface area contributed by atoms with E-state index in [0.717, 1.165) is 4.34 Å². The number of thioether (sulfide) groups is 1. The highest BCUT2D eigenvalue weighted by atomic mass is 35.5. The van der Waals surface area contributed by atoms with E-state index in [2.05, 4.69) is 0 Å². The van der Waals surface area contributed by atoms with Crippen LogP contribution >= 0.6 is 23.1 Å². The number of thiazole rings is 1. The van der Waals surface area contributed by atoms with Crippen molar-refractivity contribution in [3.05, 3.63) is 84.6 Å². The standard InChI is InChI=1S/C18H10N3O5S2.ClH2/c22-17-16(8-11-4-6-13(7-5-11)20(23)24)28-18-19(17)15(10-27-18)12-2-1-3-14(9-12)21(25)26;/h1-10H;1H2/q2*+1/b16-8-;. The van der Waals surface area contributed by atoms with Gasteiger partial charge in [0.05, 0.1) is 33.2 Å². The molecule has 2 heterocycles. The fourth-order valence-corrected chi connectivity index (χ4v) is 4.91. The van der Waals surface area contributed by atoms with Crippen molar-refractivity contribution < 1.29 is 31.6 Å². The molecule has 11 heteroatoms. The summed E-state index contributed by atoms with van der Waals surface area (Å²) < 4.78 is 2.28. The van der Waals surface area contributed by atoms with Crippen molar-refractivity contribution in [3.63, 3.8) is 0 Å². The first kappa shape index (κ1) is 20.6. The Hall–Kier alpha value is -3.08. The average molecular weight is 450 g/mol. The van der Waals surface area contributed by atoms with Crippen molar-refractivity contribution in [1.82, 2.24) is 0 Å². The molecule has 1 aromatic heterocycles. The predicted octanol–water partition coefficient (Wildman–Crippen LogP) is 3.77. The number of rotatable bonds is 4. The topological polar surface area (TPSA) is 107 Å². The van der Waals surface area contributed by atoms with Crippen LogP contribution in [0.3, 0.4) is 0 Å². The maximum absolute atomic E-state index is 12.9. The number of hydrogen-bond acceptors (Lipinski definition) is 7. The molecular weight excluding hydrogens is 438 g/mol. The van der Waals surface area contributed by atoms with Crippen LogP contribution in [0.2, 0.25) is 0 Å². The van der Waals surface area contributed by atoms with Crippen molar-refractivity contribution in [2.75, 3.05) is 0 Å². The molecule has 1 aliphatic heterocycles. The van der Waals surface area contributed by atoms with Gasteiger partial charge in [0.25, 0.3) is 11.4 Å². The van der Waals surface area contributed by atoms with Crippen molar-refractivity contribution in [1.29, 1.82) is 0 Å². The van der Waals surface area contributed by atoms with Crippen LogP contribution in [0.5, 0.6) is 0 Å². The average Bonchev–Trinajstić information content (AvgIpc) is 3.23. The number of halogens is 1. The Morgan fingerprint density at radius 2 is 1.66 bits per heavy atom. The fourth-order valence-electron chi connectivity index (χ4n) is 2.73. The first-order chi connectivity index (χ1) is 13.4. The summed E-state index contributed by atoms with van der Waals surface area (Å²) in [5.41, 5.74) is 1.79. The summed E-state index contributed by atoms with van der Waals surface area (Å²) in [5.74, 6) is -0.235. The van der Waals surface area contributed by atoms with Crippen molar-refractivity contribution in [2.24, 2.45) is 0 Å². The van der Waals surface area contributed by atoms with Crippen LogP contribution in [0.15, 0.2) is 63.2 Å². The highest BCUT2D eigenvalue weighted by Gasteiger charge is 2.41. The SMILES string of the molecule is O=C1/C(=C/c2ccc([N+](=O)[O-])cc2)Sc2scc(-c3cccc([N+](=O)[O-])c3)[n+]21.[ClH2+]. The Kier molecular flexibility index (Phi) is 5.78. The van der Waals surface area contributed by atoms with Crippen LogP contribution in [-0.2, 0) is 0 Å². The molecule has 0 N–H and O–H groups in total. The van der Waals surface area contributed by atoms with E-state index in [1.54, 1.807) is 35.7 Å². The Morgan fingerprint density at radius 1 is 0.966 bits per heavy atom. The highest BCUT2D eigenvalue weighted by molar-refractivity contribution is 8.05. The van der Waals surface area contributed by atoms with Crippen molar-refractivity contribution in [3.8, 4) is 11.3 Å². The molecule has 0 saturated heterocycles. The molecule has 4 rings (SSSR count). The molecule has 0 spiro atoms. The second-order valence-electron chi connectivity index (χ2n) is 5.79. The molecule has 2 aromatic carbocycles. The first-order valence-electron chi connectivity index (χ1n) is 7.91. The summed E-state index contributed by atoms with van der Waals surface area (Å²) in [4.78, 5) is 34.2. The van der Waals surface area contributed by atoms with Crippen LogP contribution in [0.1, 0.15) is 10.4 Å². The first-order valence-corrected chi connectivity index (χ1v) is 9.61. The van der Waals surface area contributed by atoms with Gasteiger partial charge in [-0.25, -0.2) is 4.79 Å². The van der Waals surface area contributed by atoms with Crippen molar-refractivity contribution in [2.45, 2.75) is 4.34 Å². The molecule has 146 valence electrons. The van der Waals surface area contributed by atoms with Gasteiger partial charge in [-0.2, -0.15) is 0 Å². The molecule has 0 radical (unpaired) electrons. The highest BCUT2D eigenvalue weighted by Crippen LogP contribution is 2.38. The smallest absolute Gasteiger partial charge is 0.258 e. The number of benzene rings is 2. The Balaban J connectivity index is 0.00000240. The van der Waals surface area contributed by atoms with Gasteiger partial charge in [-0.1, -0.05) is 17.4 Å². The number of hydrogen-bond donors (Lipinski definition) is 0. The summed E-state index contributed by atoms with van der Waals surface area (Å²) in [6.07, 6.45) is 1.67. The van der Waals surface area contributed by atoms with Crippen LogP contribution in [0.4, 0.5) is 11.4 Å². The number of aromatic nitrogens is 1. The van der Waals surface area contributed by atoms with Crippen LogP contribution in [0, 0.1) is 32.6 Å². The third-order valence-electron chi connectivity index (χ3n) is 4.06. The van der Waals surface area contributed by atoms with E-state index in [0.29, 0.717) is 21.7 Å². The molecule has 8 nitrogen and oxygen atoms in total. The van der Waals surface area contributed by atoms with E-state index < -0.39 is 9.85 Å². The number of fused-ring (bicyclic) bond motifs is 1. The molecule has 0 bridgehead atoms. The predicted molar refractivity (Wildman–Crippen MR) is 107 cm³/mol. The molecule has 0 saturated carbocycles. The van der Waals surface area contributed by atoms with Gasteiger partial charge in [0, 0.05) is 36.0 Å². The van der Waals surface area contributed by atoms with Gasteiger partial charge in [0.2, 0.25) is 5.69 Å².